The van der Waals surface area contributed by atoms with Crippen molar-refractivity contribution in [1.29, 1.82) is 0 Å². The molecule has 3 nitrogen and oxygen atoms in total. The van der Waals surface area contributed by atoms with Crippen molar-refractivity contribution in [2.45, 2.75) is 6.04 Å². The minimum Gasteiger partial charge on any atom is -0.314 e. The van der Waals surface area contributed by atoms with Crippen molar-refractivity contribution >= 4 is 24.8 Å². The zero-order valence-corrected chi connectivity index (χ0v) is 11.1. The molecule has 2 rings (SSSR count). The quantitative estimate of drug-likeness (QED) is 0.917. The van der Waals surface area contributed by atoms with E-state index in [-0.39, 0.29) is 37.5 Å². The standard InChI is InChI=1S/C11H16FN3.2ClH/c12-8-11(10-2-1-3-14-9-10)15-6-4-13-5-7-15;;/h1-3,9,11,13H,4-8H2;2*1H/t11-;;/m0../s1. The third-order valence-corrected chi connectivity index (χ3v) is 2.81. The first kappa shape index (κ1) is 16.6. The average molecular weight is 282 g/mol. The topological polar surface area (TPSA) is 28.2 Å². The van der Waals surface area contributed by atoms with Crippen molar-refractivity contribution in [1.82, 2.24) is 15.2 Å². The van der Waals surface area contributed by atoms with Crippen molar-refractivity contribution in [3.63, 3.8) is 0 Å². The molecule has 1 aliphatic heterocycles. The Morgan fingerprint density at radius 3 is 2.59 bits per heavy atom. The SMILES string of the molecule is Cl.Cl.FC[C@@H](c1cccnc1)N1CCNCC1. The van der Waals surface area contributed by atoms with Gasteiger partial charge in [0.15, 0.2) is 0 Å². The summed E-state index contributed by atoms with van der Waals surface area (Å²) < 4.78 is 13.0. The molecule has 0 saturated carbocycles. The monoisotopic (exact) mass is 281 g/mol. The molecule has 1 fully saturated rings. The van der Waals surface area contributed by atoms with E-state index in [0.29, 0.717) is 0 Å². The van der Waals surface area contributed by atoms with Gasteiger partial charge in [-0.05, 0) is 11.6 Å². The number of nitrogens with zero attached hydrogens (tertiary/aromatic N) is 2. The van der Waals surface area contributed by atoms with E-state index in [1.807, 2.05) is 12.1 Å². The lowest BCUT2D eigenvalue weighted by Crippen LogP contribution is -2.45. The second-order valence-electron chi connectivity index (χ2n) is 3.74. The Hall–Kier alpha value is -0.420. The fourth-order valence-corrected chi connectivity index (χ4v) is 1.96. The van der Waals surface area contributed by atoms with Crippen LogP contribution in [0.2, 0.25) is 0 Å². The number of rotatable bonds is 3. The first-order valence-corrected chi connectivity index (χ1v) is 5.32. The van der Waals surface area contributed by atoms with E-state index in [0.717, 1.165) is 31.7 Å². The summed E-state index contributed by atoms with van der Waals surface area (Å²) in [5, 5.41) is 3.27. The molecular formula is C11H18Cl2FN3. The van der Waals surface area contributed by atoms with Crippen LogP contribution in [0.25, 0.3) is 0 Å². The number of halogens is 3. The van der Waals surface area contributed by atoms with Crippen LogP contribution < -0.4 is 5.32 Å². The van der Waals surface area contributed by atoms with Crippen molar-refractivity contribution in [2.24, 2.45) is 0 Å². The van der Waals surface area contributed by atoms with E-state index in [2.05, 4.69) is 15.2 Å². The molecule has 1 atom stereocenters. The molecule has 98 valence electrons. The van der Waals surface area contributed by atoms with E-state index < -0.39 is 0 Å². The van der Waals surface area contributed by atoms with E-state index in [1.54, 1.807) is 12.4 Å². The molecule has 2 heterocycles. The van der Waals surface area contributed by atoms with Crippen LogP contribution in [-0.2, 0) is 0 Å². The van der Waals surface area contributed by atoms with Crippen LogP contribution in [0.3, 0.4) is 0 Å². The second kappa shape index (κ2) is 8.64. The van der Waals surface area contributed by atoms with Gasteiger partial charge < -0.3 is 5.32 Å². The van der Waals surface area contributed by atoms with E-state index in [1.165, 1.54) is 0 Å². The summed E-state index contributed by atoms with van der Waals surface area (Å²) in [7, 11) is 0. The molecule has 0 aliphatic carbocycles. The molecule has 0 unspecified atom stereocenters. The second-order valence-corrected chi connectivity index (χ2v) is 3.74. The first-order valence-electron chi connectivity index (χ1n) is 5.32. The highest BCUT2D eigenvalue weighted by molar-refractivity contribution is 5.85. The van der Waals surface area contributed by atoms with Crippen LogP contribution >= 0.6 is 24.8 Å². The van der Waals surface area contributed by atoms with Gasteiger partial charge in [-0.3, -0.25) is 9.88 Å². The van der Waals surface area contributed by atoms with Gasteiger partial charge >= 0.3 is 0 Å². The lowest BCUT2D eigenvalue weighted by Gasteiger charge is -2.33. The van der Waals surface area contributed by atoms with Gasteiger partial charge in [0, 0.05) is 38.6 Å². The summed E-state index contributed by atoms with van der Waals surface area (Å²) in [6.07, 6.45) is 3.48. The molecule has 1 N–H and O–H groups in total. The number of nitrogens with one attached hydrogen (secondary N) is 1. The van der Waals surface area contributed by atoms with Crippen molar-refractivity contribution in [2.75, 3.05) is 32.9 Å². The Kier molecular flexibility index (Phi) is 8.43. The van der Waals surface area contributed by atoms with Gasteiger partial charge in [0.2, 0.25) is 0 Å². The number of alkyl halides is 1. The molecule has 1 aromatic heterocycles. The molecule has 6 heteroatoms. The summed E-state index contributed by atoms with van der Waals surface area (Å²) in [5.74, 6) is 0. The normalized spacial score (nSPS) is 17.7. The summed E-state index contributed by atoms with van der Waals surface area (Å²) >= 11 is 0. The number of hydrogen-bond donors (Lipinski definition) is 1. The maximum absolute atomic E-state index is 13.0. The summed E-state index contributed by atoms with van der Waals surface area (Å²) in [6.45, 7) is 3.35. The summed E-state index contributed by atoms with van der Waals surface area (Å²) in [4.78, 5) is 6.21. The summed E-state index contributed by atoms with van der Waals surface area (Å²) in [5.41, 5.74) is 0.974. The Labute approximate surface area is 114 Å². The Balaban J connectivity index is 0.00000128. The zero-order chi connectivity index (χ0) is 10.5. The van der Waals surface area contributed by atoms with Crippen molar-refractivity contribution < 1.29 is 4.39 Å². The smallest absolute Gasteiger partial charge is 0.109 e. The minimum absolute atomic E-state index is 0. The molecule has 0 radical (unpaired) electrons. The van der Waals surface area contributed by atoms with Crippen LogP contribution in [-0.4, -0.2) is 42.7 Å². The predicted molar refractivity (Wildman–Crippen MR) is 71.9 cm³/mol. The molecule has 0 aromatic carbocycles. The third-order valence-electron chi connectivity index (χ3n) is 2.81. The molecule has 0 amide bonds. The number of pyridine rings is 1. The van der Waals surface area contributed by atoms with Gasteiger partial charge in [0.1, 0.15) is 6.67 Å². The van der Waals surface area contributed by atoms with Crippen LogP contribution in [0.15, 0.2) is 24.5 Å². The maximum atomic E-state index is 13.0. The van der Waals surface area contributed by atoms with Crippen LogP contribution in [0.4, 0.5) is 4.39 Å². The highest BCUT2D eigenvalue weighted by Gasteiger charge is 2.21. The molecule has 1 saturated heterocycles. The van der Waals surface area contributed by atoms with Crippen LogP contribution in [0.1, 0.15) is 11.6 Å². The van der Waals surface area contributed by atoms with Gasteiger partial charge in [-0.2, -0.15) is 0 Å². The summed E-state index contributed by atoms with van der Waals surface area (Å²) in [6, 6.07) is 3.68. The number of aromatic nitrogens is 1. The Morgan fingerprint density at radius 1 is 1.35 bits per heavy atom. The first-order chi connectivity index (χ1) is 7.42. The van der Waals surface area contributed by atoms with Crippen LogP contribution in [0, 0.1) is 0 Å². The third kappa shape index (κ3) is 4.39. The van der Waals surface area contributed by atoms with E-state index in [9.17, 15) is 4.39 Å². The lowest BCUT2D eigenvalue weighted by atomic mass is 10.1. The van der Waals surface area contributed by atoms with Gasteiger partial charge in [0.25, 0.3) is 0 Å². The molecular weight excluding hydrogens is 264 g/mol. The van der Waals surface area contributed by atoms with Gasteiger partial charge in [-0.15, -0.1) is 24.8 Å². The van der Waals surface area contributed by atoms with Crippen molar-refractivity contribution in [3.8, 4) is 0 Å². The number of hydrogen-bond acceptors (Lipinski definition) is 3. The van der Waals surface area contributed by atoms with Crippen LogP contribution in [0.5, 0.6) is 0 Å². The van der Waals surface area contributed by atoms with E-state index >= 15 is 0 Å². The Bertz CT molecular complexity index is 294. The fourth-order valence-electron chi connectivity index (χ4n) is 1.96. The lowest BCUT2D eigenvalue weighted by molar-refractivity contribution is 0.147. The van der Waals surface area contributed by atoms with Gasteiger partial charge in [-0.25, -0.2) is 4.39 Å². The fraction of sp³-hybridized carbons (Fsp3) is 0.545. The molecule has 0 bridgehead atoms. The highest BCUT2D eigenvalue weighted by atomic mass is 35.5. The highest BCUT2D eigenvalue weighted by Crippen LogP contribution is 2.20. The van der Waals surface area contributed by atoms with E-state index in [4.69, 9.17) is 0 Å². The molecule has 0 spiro atoms. The van der Waals surface area contributed by atoms with Crippen molar-refractivity contribution in [3.05, 3.63) is 30.1 Å². The molecule has 1 aromatic rings. The largest absolute Gasteiger partial charge is 0.314 e. The average Bonchev–Trinajstić information content (AvgIpc) is 2.33. The Morgan fingerprint density at radius 2 is 2.06 bits per heavy atom. The predicted octanol–water partition coefficient (Wildman–Crippen LogP) is 1.84. The maximum Gasteiger partial charge on any atom is 0.109 e. The molecule has 1 aliphatic rings. The zero-order valence-electron chi connectivity index (χ0n) is 9.51. The van der Waals surface area contributed by atoms with Gasteiger partial charge in [0.05, 0.1) is 6.04 Å². The minimum atomic E-state index is -0.342. The van der Waals surface area contributed by atoms with Gasteiger partial charge in [-0.1, -0.05) is 6.07 Å². The number of piperazine rings is 1. The molecule has 17 heavy (non-hydrogen) atoms.